The Morgan fingerprint density at radius 1 is 0.262 bits per heavy atom. The minimum atomic E-state index is -5.00. The van der Waals surface area contributed by atoms with Gasteiger partial charge in [0.05, 0.1) is 26.4 Å². The Kier molecular flexibility index (Phi) is 78.9. The molecule has 16 heteroatoms. The van der Waals surface area contributed by atoms with Crippen LogP contribution in [0.5, 0.6) is 0 Å². The van der Waals surface area contributed by atoms with Crippen molar-refractivity contribution in [3.63, 3.8) is 0 Å². The van der Waals surface area contributed by atoms with Gasteiger partial charge in [-0.15, -0.1) is 0 Å². The van der Waals surface area contributed by atoms with E-state index < -0.39 is 23.8 Å². The van der Waals surface area contributed by atoms with Crippen LogP contribution in [0.25, 0.3) is 0 Å². The van der Waals surface area contributed by atoms with E-state index in [0.717, 1.165) is 128 Å². The highest BCUT2D eigenvalue weighted by Gasteiger charge is 2.42. The number of allylic oxidation sites excluding steroid dienone is 8. The van der Waals surface area contributed by atoms with Gasteiger partial charge in [-0.05, 0) is 175 Å². The van der Waals surface area contributed by atoms with Crippen LogP contribution in [0.3, 0.4) is 0 Å². The molecule has 0 radical (unpaired) electrons. The third kappa shape index (κ3) is 82.2. The Labute approximate surface area is 654 Å². The van der Waals surface area contributed by atoms with Crippen molar-refractivity contribution in [3.8, 4) is 0 Å². The molecule has 0 atom stereocenters. The maximum absolute atomic E-state index is 13.2. The molecule has 0 bridgehead atoms. The predicted molar refractivity (Wildman–Crippen MR) is 441 cm³/mol. The predicted octanol–water partition coefficient (Wildman–Crippen LogP) is 27.5. The number of nitrogens with zero attached hydrogens (tertiary/aromatic N) is 2. The summed E-state index contributed by atoms with van der Waals surface area (Å²) in [6, 6.07) is 0. The number of ether oxygens (including phenoxy) is 5. The van der Waals surface area contributed by atoms with E-state index in [0.29, 0.717) is 43.7 Å². The highest BCUT2D eigenvalue weighted by atomic mass is 19.4. The fraction of sp³-hybridized carbons (Fsp3) is 0.846. The minimum Gasteiger partial charge on any atom is -0.466 e. The van der Waals surface area contributed by atoms with Crippen LogP contribution in [-0.2, 0) is 47.7 Å². The van der Waals surface area contributed by atoms with Crippen LogP contribution in [-0.4, -0.2) is 110 Å². The molecule has 0 aliphatic rings. The normalized spacial score (nSPS) is 11.8. The zero-order valence-electron chi connectivity index (χ0n) is 70.2. The van der Waals surface area contributed by atoms with Crippen LogP contribution in [0.2, 0.25) is 0 Å². The van der Waals surface area contributed by atoms with Crippen LogP contribution >= 0.6 is 0 Å². The van der Waals surface area contributed by atoms with E-state index >= 15 is 0 Å². The van der Waals surface area contributed by atoms with Crippen LogP contribution in [0, 0.1) is 0 Å². The highest BCUT2D eigenvalue weighted by Crippen LogP contribution is 2.21. The van der Waals surface area contributed by atoms with Gasteiger partial charge >= 0.3 is 42.1 Å². The van der Waals surface area contributed by atoms with Gasteiger partial charge in [-0.2, -0.15) is 13.2 Å². The molecule has 0 saturated carbocycles. The van der Waals surface area contributed by atoms with Gasteiger partial charge in [0.15, 0.2) is 0 Å². The topological polar surface area (TPSA) is 155 Å². The monoisotopic (exact) mass is 1520 g/mol. The fourth-order valence-electron chi connectivity index (χ4n) is 12.5. The summed E-state index contributed by atoms with van der Waals surface area (Å²) in [5.41, 5.74) is -0.609. The van der Waals surface area contributed by atoms with E-state index in [9.17, 15) is 41.9 Å². The first kappa shape index (κ1) is 104. The van der Waals surface area contributed by atoms with Crippen molar-refractivity contribution in [2.24, 2.45) is 0 Å². The van der Waals surface area contributed by atoms with E-state index in [1.807, 2.05) is 20.8 Å². The lowest BCUT2D eigenvalue weighted by Gasteiger charge is -2.27. The van der Waals surface area contributed by atoms with Crippen molar-refractivity contribution in [2.45, 2.75) is 445 Å². The number of hydrogen-bond donors (Lipinski definition) is 0. The van der Waals surface area contributed by atoms with Crippen LogP contribution in [0.4, 0.5) is 18.0 Å². The first-order valence-electron chi connectivity index (χ1n) is 44.5. The van der Waals surface area contributed by atoms with Crippen LogP contribution in [0.15, 0.2) is 48.6 Å². The number of carbonyl (C=O) groups is 6. The summed E-state index contributed by atoms with van der Waals surface area (Å²) in [6.45, 7) is 15.4. The molecular weight excluding hydrogens is 1350 g/mol. The lowest BCUT2D eigenvalue weighted by Crippen LogP contribution is -2.42. The van der Waals surface area contributed by atoms with Gasteiger partial charge in [-0.25, -0.2) is 4.79 Å². The van der Waals surface area contributed by atoms with Gasteiger partial charge in [0.25, 0.3) is 0 Å². The van der Waals surface area contributed by atoms with Gasteiger partial charge in [0.2, 0.25) is 0 Å². The summed E-state index contributed by atoms with van der Waals surface area (Å²) in [7, 11) is 0. The van der Waals surface area contributed by atoms with Crippen molar-refractivity contribution in [1.29, 1.82) is 0 Å². The molecule has 0 rings (SSSR count). The standard InChI is InChI=1S/C47H87NO6.C44H78F3NO5/c1-6-8-10-12-14-16-18-20-22-24-26-28-30-32-34-38-44(49)52-42-36-40-48(46(51)54-47(3,4)5)41-37-43-53-45(50)39-35-33-31-29-27-25-23-21-19-17-15-13-11-9-7-2;1-3-5-7-9-11-13-15-17-19-21-23-25-27-29-31-35-41(49)52-39-33-37-48(43(51)44(45,46)47)38-34-40-53-42(50)36-32-30-28-26-24-22-20-18-16-14-12-10-8-6-4-2/h20-23H,6-19,24-43H2,1-5H3;17-20H,3-16,21-40H2,1-2H3/b22-20-,23-21-;19-17-,20-18-. The minimum absolute atomic E-state index is 0.0452. The second kappa shape index (κ2) is 80.9. The number of carbonyl (C=O) groups excluding carboxylic acids is 6. The Morgan fingerprint density at radius 3 is 0.645 bits per heavy atom. The summed E-state index contributed by atoms with van der Waals surface area (Å²) < 4.78 is 66.4. The third-order valence-corrected chi connectivity index (χ3v) is 19.1. The van der Waals surface area contributed by atoms with Gasteiger partial charge in [-0.3, -0.25) is 24.0 Å². The zero-order chi connectivity index (χ0) is 78.9. The number of alkyl halides is 3. The molecule has 0 heterocycles. The summed E-state index contributed by atoms with van der Waals surface area (Å²) in [6.07, 6.45) is 78.1. The third-order valence-electron chi connectivity index (χ3n) is 19.1. The summed E-state index contributed by atoms with van der Waals surface area (Å²) in [5, 5.41) is 0. The number of amides is 2. The van der Waals surface area contributed by atoms with Gasteiger partial charge < -0.3 is 33.5 Å². The molecule has 0 saturated heterocycles. The number of rotatable bonds is 76. The van der Waals surface area contributed by atoms with Gasteiger partial charge in [0, 0.05) is 51.9 Å². The summed E-state index contributed by atoms with van der Waals surface area (Å²) >= 11 is 0. The Hall–Kier alpha value is -4.63. The SMILES string of the molecule is CCCCCCCC/C=C\CCCCCCCC(=O)OCCCN(CCCOC(=O)CCCCCCC/C=C\CCCCCCCC)C(=O)C(F)(F)F.CCCCCCCC/C=C\CCCCCCCC(=O)OCCCN(CCCOC(=O)CCCCCCC/C=C\CCCCCCCC)C(=O)OC(C)(C)C. The Bertz CT molecular complexity index is 2020. The molecule has 0 aliphatic heterocycles. The second-order valence-corrected chi connectivity index (χ2v) is 30.9. The van der Waals surface area contributed by atoms with Gasteiger partial charge in [0.1, 0.15) is 5.60 Å². The average Bonchev–Trinajstić information content (AvgIpc) is 0.870. The van der Waals surface area contributed by atoms with Crippen LogP contribution < -0.4 is 0 Å². The smallest absolute Gasteiger partial charge is 0.466 e. The van der Waals surface area contributed by atoms with E-state index in [4.69, 9.17) is 23.7 Å². The molecule has 0 aromatic rings. The largest absolute Gasteiger partial charge is 0.471 e. The van der Waals surface area contributed by atoms with E-state index in [-0.39, 0.29) is 89.1 Å². The molecule has 0 fully saturated rings. The number of unbranched alkanes of at least 4 members (excludes halogenated alkanes) is 44. The number of hydrogen-bond acceptors (Lipinski definition) is 11. The summed E-state index contributed by atoms with van der Waals surface area (Å²) in [5.74, 6) is -3.01. The summed E-state index contributed by atoms with van der Waals surface area (Å²) in [4.78, 5) is 75.7. The zero-order valence-corrected chi connectivity index (χ0v) is 70.2. The Balaban J connectivity index is 0. The molecule has 0 aromatic carbocycles. The van der Waals surface area contributed by atoms with Crippen LogP contribution in [0.1, 0.15) is 434 Å². The average molecular weight is 1520 g/mol. The highest BCUT2D eigenvalue weighted by molar-refractivity contribution is 5.81. The first-order valence-corrected chi connectivity index (χ1v) is 44.5. The van der Waals surface area contributed by atoms with E-state index in [1.54, 1.807) is 4.90 Å². The van der Waals surface area contributed by atoms with Crippen molar-refractivity contribution in [2.75, 3.05) is 52.6 Å². The molecule has 626 valence electrons. The molecular formula is C91H165F3N2O11. The number of esters is 4. The quantitative estimate of drug-likeness (QED) is 0.0247. The van der Waals surface area contributed by atoms with Crippen molar-refractivity contribution in [3.05, 3.63) is 48.6 Å². The molecule has 107 heavy (non-hydrogen) atoms. The maximum atomic E-state index is 13.2. The molecule has 0 aliphatic carbocycles. The Morgan fingerprint density at radius 2 is 0.449 bits per heavy atom. The molecule has 13 nitrogen and oxygen atoms in total. The number of halogens is 3. The molecule has 0 unspecified atom stereocenters. The van der Waals surface area contributed by atoms with Crippen molar-refractivity contribution in [1.82, 2.24) is 9.80 Å². The molecule has 0 spiro atoms. The first-order chi connectivity index (χ1) is 51.9. The molecule has 0 N–H and O–H groups in total. The fourth-order valence-corrected chi connectivity index (χ4v) is 12.5. The molecule has 0 aromatic heterocycles. The lowest BCUT2D eigenvalue weighted by atomic mass is 10.1. The van der Waals surface area contributed by atoms with Crippen molar-refractivity contribution < 1.29 is 65.6 Å². The van der Waals surface area contributed by atoms with E-state index in [1.165, 1.54) is 205 Å². The van der Waals surface area contributed by atoms with Crippen molar-refractivity contribution >= 4 is 35.9 Å². The lowest BCUT2D eigenvalue weighted by molar-refractivity contribution is -0.185. The van der Waals surface area contributed by atoms with Gasteiger partial charge in [-0.1, -0.05) is 282 Å². The second-order valence-electron chi connectivity index (χ2n) is 30.9. The maximum Gasteiger partial charge on any atom is 0.471 e. The molecule has 2 amide bonds. The van der Waals surface area contributed by atoms with E-state index in [2.05, 4.69) is 76.3 Å².